The summed E-state index contributed by atoms with van der Waals surface area (Å²) in [6.07, 6.45) is 10.7. The standard InChI is InChI=1S/C27H40N4O2/c1-3-22(2)21-29-15-17-30(18-16-29)25-20-28-31(24-12-8-5-9-13-24)27(32)26(25)33-19-14-23-10-6-4-7-11-23/h5,8-9,12-13,20,22-23H,3-4,6-7,10-11,14-19,21H2,1-2H3. The van der Waals surface area contributed by atoms with E-state index < -0.39 is 0 Å². The monoisotopic (exact) mass is 452 g/mol. The van der Waals surface area contributed by atoms with Crippen molar-refractivity contribution in [2.75, 3.05) is 44.2 Å². The Kier molecular flexibility index (Phi) is 8.43. The average Bonchev–Trinajstić information content (AvgIpc) is 2.86. The molecule has 1 aromatic carbocycles. The molecule has 1 aromatic heterocycles. The molecule has 2 fully saturated rings. The average molecular weight is 453 g/mol. The Morgan fingerprint density at radius 2 is 1.79 bits per heavy atom. The minimum absolute atomic E-state index is 0.163. The van der Waals surface area contributed by atoms with Crippen LogP contribution in [0.3, 0.4) is 0 Å². The molecule has 2 heterocycles. The lowest BCUT2D eigenvalue weighted by molar-refractivity contribution is 0.220. The molecule has 2 aromatic rings. The first-order valence-electron chi connectivity index (χ1n) is 12.9. The SMILES string of the molecule is CCC(C)CN1CCN(c2cnn(-c3ccccc3)c(=O)c2OCCC2CCCCC2)CC1. The van der Waals surface area contributed by atoms with Gasteiger partial charge in [-0.1, -0.05) is 70.6 Å². The van der Waals surface area contributed by atoms with Crippen LogP contribution >= 0.6 is 0 Å². The van der Waals surface area contributed by atoms with E-state index in [1.165, 1.54) is 43.2 Å². The molecule has 0 N–H and O–H groups in total. The predicted molar refractivity (Wildman–Crippen MR) is 135 cm³/mol. The summed E-state index contributed by atoms with van der Waals surface area (Å²) in [6, 6.07) is 9.62. The summed E-state index contributed by atoms with van der Waals surface area (Å²) in [5.41, 5.74) is 1.45. The summed E-state index contributed by atoms with van der Waals surface area (Å²) in [4.78, 5) is 18.3. The van der Waals surface area contributed by atoms with Gasteiger partial charge in [0.15, 0.2) is 0 Å². The van der Waals surface area contributed by atoms with E-state index in [-0.39, 0.29) is 5.56 Å². The zero-order chi connectivity index (χ0) is 23.0. The number of hydrogen-bond donors (Lipinski definition) is 0. The number of benzene rings is 1. The molecule has 1 saturated carbocycles. The van der Waals surface area contributed by atoms with Crippen LogP contribution in [0, 0.1) is 11.8 Å². The molecule has 0 spiro atoms. The number of hydrogen-bond acceptors (Lipinski definition) is 5. The lowest BCUT2D eigenvalue weighted by Crippen LogP contribution is -2.48. The van der Waals surface area contributed by atoms with Gasteiger partial charge >= 0.3 is 5.56 Å². The van der Waals surface area contributed by atoms with E-state index in [4.69, 9.17) is 4.74 Å². The van der Waals surface area contributed by atoms with Crippen molar-refractivity contribution in [3.8, 4) is 11.4 Å². The van der Waals surface area contributed by atoms with Gasteiger partial charge in [0.2, 0.25) is 5.75 Å². The van der Waals surface area contributed by atoms with Crippen molar-refractivity contribution in [2.24, 2.45) is 11.8 Å². The van der Waals surface area contributed by atoms with Crippen LogP contribution in [0.1, 0.15) is 58.8 Å². The number of piperazine rings is 1. The molecule has 2 aliphatic rings. The van der Waals surface area contributed by atoms with Crippen LogP contribution in [0.25, 0.3) is 5.69 Å². The van der Waals surface area contributed by atoms with Crippen molar-refractivity contribution in [2.45, 2.75) is 58.8 Å². The highest BCUT2D eigenvalue weighted by Crippen LogP contribution is 2.29. The minimum Gasteiger partial charge on any atom is -0.486 e. The van der Waals surface area contributed by atoms with E-state index in [0.717, 1.165) is 56.4 Å². The second kappa shape index (κ2) is 11.7. The van der Waals surface area contributed by atoms with Gasteiger partial charge in [-0.25, -0.2) is 0 Å². The van der Waals surface area contributed by atoms with Crippen LogP contribution in [0.2, 0.25) is 0 Å². The van der Waals surface area contributed by atoms with E-state index in [0.29, 0.717) is 18.3 Å². The van der Waals surface area contributed by atoms with Gasteiger partial charge in [-0.3, -0.25) is 9.69 Å². The smallest absolute Gasteiger partial charge is 0.316 e. The number of anilines is 1. The molecule has 1 unspecified atom stereocenters. The molecular formula is C27H40N4O2. The lowest BCUT2D eigenvalue weighted by Gasteiger charge is -2.37. The van der Waals surface area contributed by atoms with Gasteiger partial charge in [0.1, 0.15) is 5.69 Å². The van der Waals surface area contributed by atoms with Gasteiger partial charge in [-0.2, -0.15) is 9.78 Å². The Balaban J connectivity index is 1.51. The van der Waals surface area contributed by atoms with Gasteiger partial charge < -0.3 is 9.64 Å². The zero-order valence-electron chi connectivity index (χ0n) is 20.4. The molecule has 0 bridgehead atoms. The summed E-state index contributed by atoms with van der Waals surface area (Å²) >= 11 is 0. The molecule has 1 atom stereocenters. The fourth-order valence-corrected chi connectivity index (χ4v) is 5.09. The van der Waals surface area contributed by atoms with Gasteiger partial charge in [-0.05, 0) is 30.4 Å². The molecule has 6 nitrogen and oxygen atoms in total. The molecule has 1 saturated heterocycles. The maximum Gasteiger partial charge on any atom is 0.316 e. The van der Waals surface area contributed by atoms with Crippen molar-refractivity contribution < 1.29 is 4.74 Å². The third-order valence-electron chi connectivity index (χ3n) is 7.39. The van der Waals surface area contributed by atoms with Gasteiger partial charge in [0, 0.05) is 32.7 Å². The first kappa shape index (κ1) is 23.8. The van der Waals surface area contributed by atoms with Crippen molar-refractivity contribution in [3.05, 3.63) is 46.9 Å². The van der Waals surface area contributed by atoms with E-state index >= 15 is 0 Å². The van der Waals surface area contributed by atoms with Crippen LogP contribution < -0.4 is 15.2 Å². The maximum atomic E-state index is 13.5. The van der Waals surface area contributed by atoms with Crippen LogP contribution in [-0.4, -0.2) is 54.0 Å². The topological polar surface area (TPSA) is 50.6 Å². The van der Waals surface area contributed by atoms with Gasteiger partial charge in [-0.15, -0.1) is 0 Å². The van der Waals surface area contributed by atoms with Crippen molar-refractivity contribution in [1.82, 2.24) is 14.7 Å². The lowest BCUT2D eigenvalue weighted by atomic mass is 9.87. The molecule has 6 heteroatoms. The number of ether oxygens (including phenoxy) is 1. The summed E-state index contributed by atoms with van der Waals surface area (Å²) in [7, 11) is 0. The van der Waals surface area contributed by atoms with Crippen molar-refractivity contribution in [3.63, 3.8) is 0 Å². The Labute approximate surface area is 198 Å². The molecule has 0 amide bonds. The highest BCUT2D eigenvalue weighted by Gasteiger charge is 2.24. The van der Waals surface area contributed by atoms with Crippen molar-refractivity contribution >= 4 is 5.69 Å². The van der Waals surface area contributed by atoms with E-state index in [1.54, 1.807) is 0 Å². The number of para-hydroxylation sites is 1. The number of rotatable bonds is 9. The quantitative estimate of drug-likeness (QED) is 0.550. The molecule has 33 heavy (non-hydrogen) atoms. The van der Waals surface area contributed by atoms with Crippen LogP contribution in [0.15, 0.2) is 41.3 Å². The number of aromatic nitrogens is 2. The van der Waals surface area contributed by atoms with Gasteiger partial charge in [0.05, 0.1) is 18.5 Å². The Morgan fingerprint density at radius 1 is 1.06 bits per heavy atom. The molecular weight excluding hydrogens is 412 g/mol. The van der Waals surface area contributed by atoms with E-state index in [2.05, 4.69) is 28.7 Å². The van der Waals surface area contributed by atoms with Crippen molar-refractivity contribution in [1.29, 1.82) is 0 Å². The predicted octanol–water partition coefficient (Wildman–Crippen LogP) is 4.75. The zero-order valence-corrected chi connectivity index (χ0v) is 20.4. The molecule has 180 valence electrons. The molecule has 1 aliphatic heterocycles. The fraction of sp³-hybridized carbons (Fsp3) is 0.630. The summed E-state index contributed by atoms with van der Waals surface area (Å²) in [5.74, 6) is 1.90. The third-order valence-corrected chi connectivity index (χ3v) is 7.39. The minimum atomic E-state index is -0.163. The Hall–Kier alpha value is -2.34. The summed E-state index contributed by atoms with van der Waals surface area (Å²) < 4.78 is 7.74. The number of nitrogens with zero attached hydrogens (tertiary/aromatic N) is 4. The first-order valence-corrected chi connectivity index (χ1v) is 12.9. The van der Waals surface area contributed by atoms with E-state index in [1.807, 2.05) is 36.5 Å². The molecule has 1 aliphatic carbocycles. The Morgan fingerprint density at radius 3 is 2.48 bits per heavy atom. The third kappa shape index (κ3) is 6.17. The highest BCUT2D eigenvalue weighted by molar-refractivity contribution is 5.57. The van der Waals surface area contributed by atoms with Crippen LogP contribution in [0.4, 0.5) is 5.69 Å². The van der Waals surface area contributed by atoms with Gasteiger partial charge in [0.25, 0.3) is 0 Å². The van der Waals surface area contributed by atoms with Crippen LogP contribution in [-0.2, 0) is 0 Å². The van der Waals surface area contributed by atoms with E-state index in [9.17, 15) is 4.79 Å². The maximum absolute atomic E-state index is 13.5. The van der Waals surface area contributed by atoms with Crippen LogP contribution in [0.5, 0.6) is 5.75 Å². The second-order valence-electron chi connectivity index (χ2n) is 9.85. The fourth-order valence-electron chi connectivity index (χ4n) is 5.09. The second-order valence-corrected chi connectivity index (χ2v) is 9.85. The molecule has 0 radical (unpaired) electrons. The summed E-state index contributed by atoms with van der Waals surface area (Å²) in [6.45, 7) is 10.1. The highest BCUT2D eigenvalue weighted by atomic mass is 16.5. The first-order chi connectivity index (χ1) is 16.2. The molecule has 4 rings (SSSR count). The normalized spacial score (nSPS) is 18.9. The largest absolute Gasteiger partial charge is 0.486 e. The summed E-state index contributed by atoms with van der Waals surface area (Å²) in [5, 5.41) is 4.53. The Bertz CT molecular complexity index is 915.